The van der Waals surface area contributed by atoms with Gasteiger partial charge >= 0.3 is 5.97 Å². The summed E-state index contributed by atoms with van der Waals surface area (Å²) in [4.78, 5) is 26.7. The number of aliphatic hydroxyl groups excluding tert-OH is 1. The van der Waals surface area contributed by atoms with E-state index in [0.717, 1.165) is 44.9 Å². The Kier molecular flexibility index (Phi) is 5.36. The summed E-state index contributed by atoms with van der Waals surface area (Å²) in [6.45, 7) is 15.5. The first-order valence-corrected chi connectivity index (χ1v) is 13.9. The topological polar surface area (TPSA) is 63.6 Å². The fourth-order valence-electron chi connectivity index (χ4n) is 10.2. The van der Waals surface area contributed by atoms with Gasteiger partial charge in [-0.05, 0) is 85.9 Å². The van der Waals surface area contributed by atoms with Crippen LogP contribution in [0.1, 0.15) is 106 Å². The molecular formula is C30H46O4. The molecule has 0 bridgehead atoms. The molecule has 1 heterocycles. The van der Waals surface area contributed by atoms with Gasteiger partial charge in [-0.3, -0.25) is 9.59 Å². The first kappa shape index (κ1) is 24.5. The Morgan fingerprint density at radius 3 is 2.44 bits per heavy atom. The third-order valence-electron chi connectivity index (χ3n) is 11.8. The summed E-state index contributed by atoms with van der Waals surface area (Å²) in [5, 5.41) is 10.8. The highest BCUT2D eigenvalue weighted by Gasteiger charge is 2.76. The standard InChI is InChI=1S/C30H46O4/c1-18(2)16-19(31)17-29(7)23-11-14-28(6)21-8-9-22-26(3,4)24(32)12-13-27(22,5)20(21)10-15-30(23,28)25(33)34-29/h10,18,21-24,32H,8-9,11-17H2,1-7H3/t21-,22?,23-,24+,27-,28+,29+,30-/m1/s1. The summed E-state index contributed by atoms with van der Waals surface area (Å²) in [7, 11) is 0. The highest BCUT2D eigenvalue weighted by atomic mass is 16.6. The molecule has 1 N–H and O–H groups in total. The van der Waals surface area contributed by atoms with E-state index in [0.29, 0.717) is 30.6 Å². The summed E-state index contributed by atoms with van der Waals surface area (Å²) >= 11 is 0. The molecule has 34 heavy (non-hydrogen) atoms. The first-order chi connectivity index (χ1) is 15.7. The van der Waals surface area contributed by atoms with E-state index in [1.807, 2.05) is 6.92 Å². The largest absolute Gasteiger partial charge is 0.458 e. The average Bonchev–Trinajstić information content (AvgIpc) is 3.15. The normalized spacial score (nSPS) is 49.0. The van der Waals surface area contributed by atoms with Gasteiger partial charge in [0.1, 0.15) is 11.4 Å². The number of fused-ring (bicyclic) bond motifs is 4. The molecule has 0 aromatic rings. The molecule has 0 amide bonds. The number of esters is 1. The molecule has 8 atom stereocenters. The van der Waals surface area contributed by atoms with Crippen LogP contribution >= 0.6 is 0 Å². The lowest BCUT2D eigenvalue weighted by molar-refractivity contribution is -0.163. The molecule has 0 aromatic heterocycles. The third-order valence-corrected chi connectivity index (χ3v) is 11.8. The third kappa shape index (κ3) is 2.93. The van der Waals surface area contributed by atoms with E-state index >= 15 is 0 Å². The smallest absolute Gasteiger partial charge is 0.313 e. The molecule has 3 saturated carbocycles. The fraction of sp³-hybridized carbons (Fsp3) is 0.867. The second kappa shape index (κ2) is 7.43. The second-order valence-electron chi connectivity index (χ2n) is 14.3. The Bertz CT molecular complexity index is 932. The van der Waals surface area contributed by atoms with E-state index in [4.69, 9.17) is 4.74 Å². The number of ether oxygens (including phenoxy) is 1. The molecule has 1 saturated heterocycles. The molecular weight excluding hydrogens is 424 g/mol. The van der Waals surface area contributed by atoms with Crippen LogP contribution in [0.25, 0.3) is 0 Å². The molecule has 1 spiro atoms. The molecule has 1 aliphatic heterocycles. The minimum atomic E-state index is -0.676. The summed E-state index contributed by atoms with van der Waals surface area (Å²) < 4.78 is 6.23. The van der Waals surface area contributed by atoms with Crippen LogP contribution in [0.4, 0.5) is 0 Å². The van der Waals surface area contributed by atoms with Gasteiger partial charge in [0.25, 0.3) is 0 Å². The van der Waals surface area contributed by atoms with Crippen LogP contribution in [0.3, 0.4) is 0 Å². The minimum absolute atomic E-state index is 0.0423. The second-order valence-corrected chi connectivity index (χ2v) is 14.3. The minimum Gasteiger partial charge on any atom is -0.458 e. The van der Waals surface area contributed by atoms with E-state index in [9.17, 15) is 14.7 Å². The monoisotopic (exact) mass is 470 g/mol. The van der Waals surface area contributed by atoms with Gasteiger partial charge < -0.3 is 9.84 Å². The van der Waals surface area contributed by atoms with Crippen LogP contribution < -0.4 is 0 Å². The number of Topliss-reactive ketones (excluding diaryl/α,β-unsaturated/α-hetero) is 1. The van der Waals surface area contributed by atoms with E-state index in [1.165, 1.54) is 0 Å². The summed E-state index contributed by atoms with van der Waals surface area (Å²) in [6, 6.07) is 0. The van der Waals surface area contributed by atoms with Crippen molar-refractivity contribution in [2.24, 2.45) is 45.3 Å². The lowest BCUT2D eigenvalue weighted by Gasteiger charge is -2.63. The highest BCUT2D eigenvalue weighted by molar-refractivity contribution is 5.86. The molecule has 4 fully saturated rings. The van der Waals surface area contributed by atoms with Crippen LogP contribution in [0, 0.1) is 45.3 Å². The van der Waals surface area contributed by atoms with Gasteiger partial charge in [-0.1, -0.05) is 53.2 Å². The molecule has 190 valence electrons. The Morgan fingerprint density at radius 2 is 1.76 bits per heavy atom. The number of carbonyl (C=O) groups excluding carboxylic acids is 2. The van der Waals surface area contributed by atoms with Crippen molar-refractivity contribution in [3.05, 3.63) is 11.6 Å². The number of allylic oxidation sites excluding steroid dienone is 2. The quantitative estimate of drug-likeness (QED) is 0.389. The number of ketones is 1. The summed E-state index contributed by atoms with van der Waals surface area (Å²) in [5.41, 5.74) is 0.272. The molecule has 4 nitrogen and oxygen atoms in total. The van der Waals surface area contributed by atoms with Gasteiger partial charge in [0.15, 0.2) is 0 Å². The molecule has 1 unspecified atom stereocenters. The molecule has 0 aromatic carbocycles. The zero-order valence-electron chi connectivity index (χ0n) is 22.5. The van der Waals surface area contributed by atoms with Crippen molar-refractivity contribution in [2.75, 3.05) is 0 Å². The summed E-state index contributed by atoms with van der Waals surface area (Å²) in [5.74, 6) is 1.47. The van der Waals surface area contributed by atoms with Gasteiger partial charge in [0, 0.05) is 18.8 Å². The zero-order valence-corrected chi connectivity index (χ0v) is 22.5. The number of carbonyl (C=O) groups is 2. The highest BCUT2D eigenvalue weighted by Crippen LogP contribution is 2.75. The average molecular weight is 471 g/mol. The SMILES string of the molecule is CC(C)CC(=O)C[C@]1(C)OC(=O)[C@]23CC=C4[C@@H](CCC5C(C)(C)[C@@H](O)CC[C@]45C)[C@]2(C)CC[C@@H]31. The van der Waals surface area contributed by atoms with Gasteiger partial charge in [0.05, 0.1) is 11.5 Å². The van der Waals surface area contributed by atoms with Crippen LogP contribution in [0.5, 0.6) is 0 Å². The maximum atomic E-state index is 13.8. The Balaban J connectivity index is 1.52. The maximum absolute atomic E-state index is 13.8. The van der Waals surface area contributed by atoms with E-state index < -0.39 is 11.0 Å². The van der Waals surface area contributed by atoms with Crippen LogP contribution in [-0.4, -0.2) is 28.6 Å². The van der Waals surface area contributed by atoms with Crippen molar-refractivity contribution in [2.45, 2.75) is 118 Å². The molecule has 4 heteroatoms. The van der Waals surface area contributed by atoms with Crippen molar-refractivity contribution >= 4 is 11.8 Å². The lowest BCUT2D eigenvalue weighted by Crippen LogP contribution is -2.58. The van der Waals surface area contributed by atoms with Gasteiger partial charge in [-0.2, -0.15) is 0 Å². The van der Waals surface area contributed by atoms with Crippen LogP contribution in [-0.2, 0) is 14.3 Å². The molecule has 0 radical (unpaired) electrons. The fourth-order valence-corrected chi connectivity index (χ4v) is 10.2. The molecule has 5 aliphatic rings. The van der Waals surface area contributed by atoms with E-state index in [2.05, 4.69) is 47.6 Å². The summed E-state index contributed by atoms with van der Waals surface area (Å²) in [6.07, 6.45) is 9.94. The predicted molar refractivity (Wildman–Crippen MR) is 133 cm³/mol. The first-order valence-electron chi connectivity index (χ1n) is 13.9. The van der Waals surface area contributed by atoms with Crippen molar-refractivity contribution in [1.29, 1.82) is 0 Å². The lowest BCUT2D eigenvalue weighted by atomic mass is 9.41. The van der Waals surface area contributed by atoms with Crippen molar-refractivity contribution < 1.29 is 19.4 Å². The Morgan fingerprint density at radius 1 is 1.06 bits per heavy atom. The van der Waals surface area contributed by atoms with E-state index in [1.54, 1.807) is 5.57 Å². The van der Waals surface area contributed by atoms with Crippen LogP contribution in [0.2, 0.25) is 0 Å². The molecule has 5 rings (SSSR count). The van der Waals surface area contributed by atoms with Gasteiger partial charge in [-0.25, -0.2) is 0 Å². The number of hydrogen-bond acceptors (Lipinski definition) is 4. The predicted octanol–water partition coefficient (Wildman–Crippen LogP) is 6.25. The number of cyclic esters (lactones) is 1. The number of hydrogen-bond donors (Lipinski definition) is 1. The van der Waals surface area contributed by atoms with Crippen molar-refractivity contribution in [1.82, 2.24) is 0 Å². The maximum Gasteiger partial charge on any atom is 0.313 e. The van der Waals surface area contributed by atoms with Gasteiger partial charge in [0.2, 0.25) is 0 Å². The van der Waals surface area contributed by atoms with Crippen molar-refractivity contribution in [3.8, 4) is 0 Å². The molecule has 4 aliphatic carbocycles. The Hall–Kier alpha value is -1.16. The van der Waals surface area contributed by atoms with Crippen LogP contribution in [0.15, 0.2) is 11.6 Å². The number of aliphatic hydroxyl groups is 1. The van der Waals surface area contributed by atoms with Crippen molar-refractivity contribution in [3.63, 3.8) is 0 Å². The number of rotatable bonds is 4. The Labute approximate surface area is 206 Å². The zero-order chi connectivity index (χ0) is 24.9. The van der Waals surface area contributed by atoms with E-state index in [-0.39, 0.29) is 40.0 Å². The van der Waals surface area contributed by atoms with Gasteiger partial charge in [-0.15, -0.1) is 0 Å².